The summed E-state index contributed by atoms with van der Waals surface area (Å²) >= 11 is 0. The first-order chi connectivity index (χ1) is 26.0. The number of carbonyl (C=O) groups excluding carboxylic acids is 1. The molecule has 0 rings (SSSR count). The maximum absolute atomic E-state index is 9.96. The Balaban J connectivity index is -0.000000196. The minimum Gasteiger partial charge on any atom is -0.469 e. The van der Waals surface area contributed by atoms with Crippen LogP contribution in [-0.4, -0.2) is 130 Å². The summed E-state index contributed by atoms with van der Waals surface area (Å²) in [5, 5.41) is 6.78. The van der Waals surface area contributed by atoms with Crippen molar-refractivity contribution >= 4 is 32.4 Å². The zero-order chi connectivity index (χ0) is 42.4. The summed E-state index contributed by atoms with van der Waals surface area (Å²) in [6, 6.07) is 2.65. The lowest BCUT2D eigenvalue weighted by Gasteiger charge is -2.24. The van der Waals surface area contributed by atoms with E-state index in [9.17, 15) is 4.79 Å². The molecule has 0 fully saturated rings. The summed E-state index contributed by atoms with van der Waals surface area (Å²) in [6.07, 6.45) is 16.7. The van der Waals surface area contributed by atoms with Crippen molar-refractivity contribution in [2.45, 2.75) is 150 Å². The highest BCUT2D eigenvalue weighted by Gasteiger charge is 2.38. The quantitative estimate of drug-likeness (QED) is 0.0393. The number of hydrogen-bond donors (Lipinski definition) is 2. The predicted molar refractivity (Wildman–Crippen MR) is 231 cm³/mol. The third-order valence-electron chi connectivity index (χ3n) is 8.42. The summed E-state index contributed by atoms with van der Waals surface area (Å²) in [6.45, 7) is 16.9. The van der Waals surface area contributed by atoms with Crippen LogP contribution in [0.1, 0.15) is 131 Å². The second-order valence-electron chi connectivity index (χ2n) is 12.4. The van der Waals surface area contributed by atoms with Crippen molar-refractivity contribution in [2.24, 2.45) is 0 Å². The SMILES string of the molecule is CCC(=O)OC.CCCCCC.CCCCCCNCCC[Si](OC)(OC)OC.CCCC[Si](OC)(OC)OC.CCCNCCC[Si](OC)(OC)OC. The summed E-state index contributed by atoms with van der Waals surface area (Å²) in [5.74, 6) is -0.157. The van der Waals surface area contributed by atoms with Gasteiger partial charge >= 0.3 is 32.4 Å². The Bertz CT molecular complexity index is 675. The third-order valence-corrected chi connectivity index (χ3v) is 16.9. The van der Waals surface area contributed by atoms with E-state index < -0.39 is 26.4 Å². The minimum atomic E-state index is -2.34. The van der Waals surface area contributed by atoms with Crippen molar-refractivity contribution in [3.05, 3.63) is 0 Å². The Kier molecular flexibility index (Phi) is 56.8. The lowest BCUT2D eigenvalue weighted by atomic mass is 10.2. The molecule has 0 saturated carbocycles. The van der Waals surface area contributed by atoms with Gasteiger partial charge in [-0.05, 0) is 58.3 Å². The molecule has 2 N–H and O–H groups in total. The van der Waals surface area contributed by atoms with Crippen LogP contribution in [0.15, 0.2) is 0 Å². The Labute approximate surface area is 338 Å². The van der Waals surface area contributed by atoms with Crippen LogP contribution in [0.25, 0.3) is 0 Å². The number of ether oxygens (including phenoxy) is 1. The van der Waals surface area contributed by atoms with Crippen molar-refractivity contribution in [1.29, 1.82) is 0 Å². The van der Waals surface area contributed by atoms with E-state index in [2.05, 4.69) is 50.0 Å². The molecule has 0 bridgehead atoms. The van der Waals surface area contributed by atoms with E-state index in [0.29, 0.717) is 6.42 Å². The second-order valence-corrected chi connectivity index (χ2v) is 21.7. The van der Waals surface area contributed by atoms with Gasteiger partial charge in [0.1, 0.15) is 0 Å². The molecule has 0 unspecified atom stereocenters. The summed E-state index contributed by atoms with van der Waals surface area (Å²) in [4.78, 5) is 9.96. The van der Waals surface area contributed by atoms with Crippen LogP contribution in [0.5, 0.6) is 0 Å². The first kappa shape index (κ1) is 62.9. The molecule has 0 spiro atoms. The molecule has 0 heterocycles. The van der Waals surface area contributed by atoms with Crippen LogP contribution in [0.4, 0.5) is 0 Å². The van der Waals surface area contributed by atoms with Crippen LogP contribution in [0.3, 0.4) is 0 Å². The maximum Gasteiger partial charge on any atom is 0.500 e. The van der Waals surface area contributed by atoms with Crippen molar-refractivity contribution in [1.82, 2.24) is 10.6 Å². The van der Waals surface area contributed by atoms with Gasteiger partial charge in [-0.15, -0.1) is 0 Å². The van der Waals surface area contributed by atoms with Crippen LogP contribution in [0, 0.1) is 0 Å². The monoisotopic (exact) mass is 837 g/mol. The Morgan fingerprint density at radius 1 is 0.370 bits per heavy atom. The molecule has 0 aromatic heterocycles. The molecule has 0 saturated heterocycles. The van der Waals surface area contributed by atoms with Crippen LogP contribution < -0.4 is 10.6 Å². The molecule has 0 aliphatic heterocycles. The van der Waals surface area contributed by atoms with E-state index in [0.717, 1.165) is 70.0 Å². The van der Waals surface area contributed by atoms with Crippen molar-refractivity contribution < 1.29 is 49.4 Å². The molecule has 16 heteroatoms. The zero-order valence-corrected chi connectivity index (χ0v) is 41.3. The Morgan fingerprint density at radius 3 is 0.926 bits per heavy atom. The molecule has 13 nitrogen and oxygen atoms in total. The molecule has 0 atom stereocenters. The standard InChI is InChI=1S/C12H29NO3Si.C9H23NO3Si.C7H18O3Si.C6H14.C4H8O2/c1-5-6-7-8-10-13-11-9-12-17(14-2,15-3)16-4;1-5-7-10-8-6-9-14(11-2,12-3)13-4;1-5-6-7-11(8-2,9-3)10-4;1-3-5-6-4-2;1-3-4(5)6-2/h13H,5-12H2,1-4H3;10H,5-9H2,1-4H3;5-7H2,1-4H3;3-6H2,1-2H3;3H2,1-2H3. The Hall–Kier alpha value is -0.319. The number of hydrogen-bond acceptors (Lipinski definition) is 13. The highest BCUT2D eigenvalue weighted by atomic mass is 28.4. The van der Waals surface area contributed by atoms with Gasteiger partial charge in [0.05, 0.1) is 7.11 Å². The maximum atomic E-state index is 9.96. The van der Waals surface area contributed by atoms with Crippen molar-refractivity contribution in [2.75, 3.05) is 97.3 Å². The van der Waals surface area contributed by atoms with Crippen LogP contribution in [-0.2, 0) is 49.4 Å². The van der Waals surface area contributed by atoms with E-state index in [-0.39, 0.29) is 5.97 Å². The van der Waals surface area contributed by atoms with E-state index in [4.69, 9.17) is 39.8 Å². The Morgan fingerprint density at radius 2 is 0.667 bits per heavy atom. The lowest BCUT2D eigenvalue weighted by Crippen LogP contribution is -2.43. The molecule has 0 aliphatic rings. The van der Waals surface area contributed by atoms with Gasteiger partial charge < -0.3 is 55.2 Å². The summed E-state index contributed by atoms with van der Waals surface area (Å²) < 4.78 is 52.0. The minimum absolute atomic E-state index is 0.157. The molecule has 0 aliphatic carbocycles. The average Bonchev–Trinajstić information content (AvgIpc) is 3.22. The van der Waals surface area contributed by atoms with Crippen LogP contribution in [0.2, 0.25) is 18.1 Å². The topological polar surface area (TPSA) is 133 Å². The fourth-order valence-corrected chi connectivity index (χ4v) is 10.0. The van der Waals surface area contributed by atoms with Crippen LogP contribution >= 0.6 is 0 Å². The molecule has 332 valence electrons. The van der Waals surface area contributed by atoms with Gasteiger partial charge in [-0.1, -0.05) is 92.9 Å². The fourth-order valence-electron chi connectivity index (χ4n) is 4.67. The predicted octanol–water partition coefficient (Wildman–Crippen LogP) is 8.50. The number of rotatable bonds is 31. The zero-order valence-electron chi connectivity index (χ0n) is 38.3. The number of carbonyl (C=O) groups is 1. The lowest BCUT2D eigenvalue weighted by molar-refractivity contribution is -0.140. The molecule has 0 amide bonds. The molecule has 54 heavy (non-hydrogen) atoms. The highest BCUT2D eigenvalue weighted by molar-refractivity contribution is 6.61. The molecule has 0 radical (unpaired) electrons. The number of unbranched alkanes of at least 4 members (excludes halogenated alkanes) is 7. The fraction of sp³-hybridized carbons (Fsp3) is 0.974. The second kappa shape index (κ2) is 48.8. The van der Waals surface area contributed by atoms with E-state index >= 15 is 0 Å². The van der Waals surface area contributed by atoms with Gasteiger partial charge in [0.25, 0.3) is 0 Å². The average molecular weight is 837 g/mol. The van der Waals surface area contributed by atoms with Gasteiger partial charge in [-0.25, -0.2) is 0 Å². The smallest absolute Gasteiger partial charge is 0.469 e. The van der Waals surface area contributed by atoms with E-state index in [1.807, 2.05) is 0 Å². The number of methoxy groups -OCH3 is 1. The first-order valence-corrected chi connectivity index (χ1v) is 26.2. The first-order valence-electron chi connectivity index (χ1n) is 20.4. The van der Waals surface area contributed by atoms with Gasteiger partial charge in [0.2, 0.25) is 0 Å². The largest absolute Gasteiger partial charge is 0.500 e. The van der Waals surface area contributed by atoms with Gasteiger partial charge in [-0.3, -0.25) is 4.79 Å². The van der Waals surface area contributed by atoms with Gasteiger partial charge in [0.15, 0.2) is 0 Å². The molecule has 0 aromatic carbocycles. The van der Waals surface area contributed by atoms with Gasteiger partial charge in [-0.2, -0.15) is 0 Å². The number of esters is 1. The number of nitrogens with one attached hydrogen (secondary N) is 2. The molecular formula is C38H92N2O11Si3. The normalized spacial score (nSPS) is 11.2. The molecular weight excluding hydrogens is 745 g/mol. The van der Waals surface area contributed by atoms with E-state index in [1.54, 1.807) is 70.9 Å². The highest BCUT2D eigenvalue weighted by Crippen LogP contribution is 2.16. The van der Waals surface area contributed by atoms with Crippen molar-refractivity contribution in [3.8, 4) is 0 Å². The summed E-state index contributed by atoms with van der Waals surface area (Å²) in [7, 11) is 9.38. The summed E-state index contributed by atoms with van der Waals surface area (Å²) in [5.41, 5.74) is 0. The van der Waals surface area contributed by atoms with E-state index in [1.165, 1.54) is 64.9 Å². The van der Waals surface area contributed by atoms with Crippen molar-refractivity contribution in [3.63, 3.8) is 0 Å². The van der Waals surface area contributed by atoms with Gasteiger partial charge in [0, 0.05) is 88.5 Å². The third kappa shape index (κ3) is 39.9. The molecule has 0 aromatic rings.